The molecule has 1 fully saturated rings. The van der Waals surface area contributed by atoms with Gasteiger partial charge in [-0.3, -0.25) is 0 Å². The molecule has 4 rings (SSSR count). The molecular weight excluding hydrogens is 432 g/mol. The van der Waals surface area contributed by atoms with Gasteiger partial charge in [-0.15, -0.1) is 0 Å². The maximum atomic E-state index is 7.02. The Morgan fingerprint density at radius 2 is 0.963 bits per heavy atom. The van der Waals surface area contributed by atoms with E-state index in [0.29, 0.717) is 0 Å². The first-order chi connectivity index (χ1) is 13.3. The average molecular weight is 451 g/mol. The molecule has 0 bridgehead atoms. The fourth-order valence-corrected chi connectivity index (χ4v) is 12.2. The molecule has 0 aliphatic carbocycles. The summed E-state index contributed by atoms with van der Waals surface area (Å²) in [5.41, 5.74) is 0. The maximum Gasteiger partial charge on any atom is 0.0995 e. The molecule has 0 spiro atoms. The van der Waals surface area contributed by atoms with Gasteiger partial charge in [0, 0.05) is 29.0 Å². The van der Waals surface area contributed by atoms with Crippen LogP contribution in [0.5, 0.6) is 0 Å². The molecule has 2 unspecified atom stereocenters. The van der Waals surface area contributed by atoms with Crippen LogP contribution in [0.25, 0.3) is 0 Å². The van der Waals surface area contributed by atoms with E-state index in [-0.39, 0.29) is 0 Å². The van der Waals surface area contributed by atoms with Crippen LogP contribution < -0.4 is 15.9 Å². The second kappa shape index (κ2) is 9.30. The molecule has 1 heterocycles. The molecule has 2 atom stereocenters. The van der Waals surface area contributed by atoms with Crippen LogP contribution in [0.1, 0.15) is 0 Å². The summed E-state index contributed by atoms with van der Waals surface area (Å²) in [7, 11) is -2.56. The molecule has 7 heteroatoms. The minimum absolute atomic E-state index is 0.733. The number of rotatable bonds is 5. The lowest BCUT2D eigenvalue weighted by Crippen LogP contribution is -2.20. The Labute approximate surface area is 174 Å². The normalized spacial score (nSPS) is 20.4. The van der Waals surface area contributed by atoms with Crippen LogP contribution in [0.3, 0.4) is 0 Å². The number of hydrogen-bond acceptors (Lipinski definition) is 2. The lowest BCUT2D eigenvalue weighted by atomic mass is 10.4. The minimum atomic E-state index is -0.916. The highest BCUT2D eigenvalue weighted by Gasteiger charge is 2.41. The van der Waals surface area contributed by atoms with Crippen molar-refractivity contribution >= 4 is 61.5 Å². The van der Waals surface area contributed by atoms with Crippen molar-refractivity contribution in [3.8, 4) is 0 Å². The highest BCUT2D eigenvalue weighted by atomic mass is 35.7. The molecule has 0 aromatic heterocycles. The molecule has 1 saturated heterocycles. The summed E-state index contributed by atoms with van der Waals surface area (Å²) in [6, 6.07) is 31.5. The van der Waals surface area contributed by atoms with Crippen LogP contribution in [0.4, 0.5) is 0 Å². The van der Waals surface area contributed by atoms with Crippen LogP contribution in [0.15, 0.2) is 91.0 Å². The molecule has 3 aromatic carbocycles. The third-order valence-corrected chi connectivity index (χ3v) is 14.0. The zero-order valence-electron chi connectivity index (χ0n) is 14.6. The van der Waals surface area contributed by atoms with Gasteiger partial charge in [0.05, 0.1) is 23.1 Å². The van der Waals surface area contributed by atoms with Crippen LogP contribution >= 0.6 is 45.6 Å². The van der Waals surface area contributed by atoms with E-state index in [4.69, 9.17) is 22.5 Å². The minimum Gasteiger partial charge on any atom is -0.226 e. The molecule has 2 nitrogen and oxygen atoms in total. The van der Waals surface area contributed by atoms with Crippen molar-refractivity contribution < 1.29 is 0 Å². The summed E-state index contributed by atoms with van der Waals surface area (Å²) in [6.45, 7) is 1.87. The van der Waals surface area contributed by atoms with Crippen molar-refractivity contribution in [1.82, 2.24) is 8.88 Å². The highest BCUT2D eigenvalue weighted by Crippen LogP contribution is 2.69. The Balaban J connectivity index is 1.68. The van der Waals surface area contributed by atoms with E-state index < -0.39 is 23.1 Å². The lowest BCUT2D eigenvalue weighted by Gasteiger charge is -2.34. The molecule has 0 N–H and O–H groups in total. The van der Waals surface area contributed by atoms with E-state index in [1.54, 1.807) is 0 Å². The fraction of sp³-hybridized carbons (Fsp3) is 0.100. The first kappa shape index (κ1) is 19.8. The van der Waals surface area contributed by atoms with E-state index in [1.807, 2.05) is 12.1 Å². The Morgan fingerprint density at radius 1 is 0.593 bits per heavy atom. The number of nitrogens with zero attached hydrogens (tertiary/aromatic N) is 2. The van der Waals surface area contributed by atoms with Gasteiger partial charge in [0.1, 0.15) is 0 Å². The second-order valence-electron chi connectivity index (χ2n) is 6.01. The summed E-state index contributed by atoms with van der Waals surface area (Å²) >= 11 is 14.0. The maximum absolute atomic E-state index is 7.02. The molecule has 138 valence electrons. The quantitative estimate of drug-likeness (QED) is 0.440. The van der Waals surface area contributed by atoms with Crippen molar-refractivity contribution in [2.24, 2.45) is 0 Å². The summed E-state index contributed by atoms with van der Waals surface area (Å²) in [5, 5.41) is 3.69. The molecule has 27 heavy (non-hydrogen) atoms. The van der Waals surface area contributed by atoms with Crippen LogP contribution in [0, 0.1) is 0 Å². The lowest BCUT2D eigenvalue weighted by molar-refractivity contribution is 0.707. The number of hydrogen-bond donors (Lipinski definition) is 0. The zero-order valence-corrected chi connectivity index (χ0v) is 18.8. The topological polar surface area (TPSA) is 6.48 Å². The van der Waals surface area contributed by atoms with Crippen LogP contribution in [-0.4, -0.2) is 22.0 Å². The van der Waals surface area contributed by atoms with Crippen LogP contribution in [0.2, 0.25) is 0 Å². The summed E-state index contributed by atoms with van der Waals surface area (Å²) in [5.74, 6) is 0. The predicted octanol–water partition coefficient (Wildman–Crippen LogP) is 5.99. The van der Waals surface area contributed by atoms with Crippen molar-refractivity contribution in [3.05, 3.63) is 91.0 Å². The Morgan fingerprint density at radius 3 is 1.37 bits per heavy atom. The van der Waals surface area contributed by atoms with E-state index in [1.165, 1.54) is 15.9 Å². The van der Waals surface area contributed by atoms with E-state index in [0.717, 1.165) is 13.1 Å². The van der Waals surface area contributed by atoms with Gasteiger partial charge in [-0.2, -0.15) is 0 Å². The smallest absolute Gasteiger partial charge is 0.0995 e. The molecule has 0 amide bonds. The van der Waals surface area contributed by atoms with Gasteiger partial charge in [-0.1, -0.05) is 113 Å². The molecule has 0 saturated carbocycles. The van der Waals surface area contributed by atoms with Gasteiger partial charge >= 0.3 is 0 Å². The van der Waals surface area contributed by atoms with Gasteiger partial charge in [0.2, 0.25) is 0 Å². The first-order valence-electron chi connectivity index (χ1n) is 8.67. The highest BCUT2D eigenvalue weighted by molar-refractivity contribution is 7.98. The predicted molar refractivity (Wildman–Crippen MR) is 124 cm³/mol. The monoisotopic (exact) mass is 450 g/mol. The largest absolute Gasteiger partial charge is 0.226 e. The summed E-state index contributed by atoms with van der Waals surface area (Å²) in [4.78, 5) is 0. The van der Waals surface area contributed by atoms with Crippen LogP contribution in [-0.2, 0) is 0 Å². The SMILES string of the molecule is ClP(c1ccccc1)N1CCN(P(Cl)c2ccccc2)P1c1ccccc1. The zero-order chi connectivity index (χ0) is 18.6. The van der Waals surface area contributed by atoms with Crippen molar-refractivity contribution in [2.75, 3.05) is 13.1 Å². The summed E-state index contributed by atoms with van der Waals surface area (Å²) in [6.07, 6.45) is 0. The van der Waals surface area contributed by atoms with Gasteiger partial charge < -0.3 is 0 Å². The van der Waals surface area contributed by atoms with Crippen molar-refractivity contribution in [3.63, 3.8) is 0 Å². The molecule has 3 aromatic rings. The third-order valence-electron chi connectivity index (χ3n) is 4.27. The molecule has 1 aliphatic rings. The van der Waals surface area contributed by atoms with Crippen molar-refractivity contribution in [1.29, 1.82) is 0 Å². The number of benzene rings is 3. The van der Waals surface area contributed by atoms with Gasteiger partial charge in [0.25, 0.3) is 0 Å². The average Bonchev–Trinajstić information content (AvgIpc) is 3.19. The molecule has 1 aliphatic heterocycles. The standard InChI is InChI=1S/C20H19Cl2N2P3/c21-25(18-10-4-1-5-11-18)23-16-17-24(26(22)19-12-6-2-7-13-19)27(23)20-14-8-3-9-15-20/h1-15H,16-17H2. The fourth-order valence-electron chi connectivity index (χ4n) is 3.01. The second-order valence-corrected chi connectivity index (χ2v) is 13.7. The molecular formula is C20H19Cl2N2P3. The van der Waals surface area contributed by atoms with Gasteiger partial charge in [-0.05, 0) is 0 Å². The van der Waals surface area contributed by atoms with Gasteiger partial charge in [-0.25, -0.2) is 8.88 Å². The third kappa shape index (κ3) is 4.39. The Hall–Kier alpha value is -0.550. The molecule has 0 radical (unpaired) electrons. The Bertz CT molecular complexity index is 801. The van der Waals surface area contributed by atoms with E-state index in [9.17, 15) is 0 Å². The van der Waals surface area contributed by atoms with E-state index in [2.05, 4.69) is 87.7 Å². The van der Waals surface area contributed by atoms with Crippen molar-refractivity contribution in [2.45, 2.75) is 0 Å². The first-order valence-corrected chi connectivity index (χ1v) is 14.3. The Kier molecular flexibility index (Phi) is 6.80. The summed E-state index contributed by atoms with van der Waals surface area (Å²) < 4.78 is 4.94. The van der Waals surface area contributed by atoms with E-state index >= 15 is 0 Å². The number of halogens is 2. The van der Waals surface area contributed by atoms with Gasteiger partial charge in [0.15, 0.2) is 0 Å².